The Morgan fingerprint density at radius 3 is 3.00 bits per heavy atom. The molecule has 1 aromatic heterocycles. The van der Waals surface area contributed by atoms with Crippen LogP contribution in [0.25, 0.3) is 10.8 Å². The zero-order chi connectivity index (χ0) is 10.5. The molecule has 1 radical (unpaired) electrons. The van der Waals surface area contributed by atoms with E-state index in [1.54, 1.807) is 6.26 Å². The van der Waals surface area contributed by atoms with Crippen molar-refractivity contribution in [1.29, 1.82) is 0 Å². The van der Waals surface area contributed by atoms with Crippen LogP contribution in [0, 0.1) is 6.26 Å². The summed E-state index contributed by atoms with van der Waals surface area (Å²) in [4.78, 5) is 0. The van der Waals surface area contributed by atoms with Gasteiger partial charge in [-0.05, 0) is 24.5 Å². The van der Waals surface area contributed by atoms with Crippen LogP contribution in [-0.4, -0.2) is 0 Å². The summed E-state index contributed by atoms with van der Waals surface area (Å²) in [6.07, 6.45) is 11.1. The topological polar surface area (TPSA) is 13.1 Å². The fourth-order valence-corrected chi connectivity index (χ4v) is 1.86. The van der Waals surface area contributed by atoms with Crippen molar-refractivity contribution in [3.05, 3.63) is 36.3 Å². The van der Waals surface area contributed by atoms with Crippen LogP contribution in [0.3, 0.4) is 0 Å². The van der Waals surface area contributed by atoms with E-state index in [9.17, 15) is 0 Å². The van der Waals surface area contributed by atoms with Gasteiger partial charge in [0.15, 0.2) is 6.26 Å². The van der Waals surface area contributed by atoms with Crippen LogP contribution in [0.5, 0.6) is 0 Å². The number of furan rings is 1. The Hall–Kier alpha value is -1.24. The van der Waals surface area contributed by atoms with Gasteiger partial charge in [-0.1, -0.05) is 38.3 Å². The monoisotopic (exact) mass is 201 g/mol. The van der Waals surface area contributed by atoms with Gasteiger partial charge < -0.3 is 4.42 Å². The van der Waals surface area contributed by atoms with Crippen molar-refractivity contribution >= 4 is 10.8 Å². The van der Waals surface area contributed by atoms with Gasteiger partial charge >= 0.3 is 0 Å². The predicted molar refractivity (Wildman–Crippen MR) is 62.9 cm³/mol. The van der Waals surface area contributed by atoms with Crippen molar-refractivity contribution in [3.8, 4) is 0 Å². The molecule has 1 heteroatoms. The average Bonchev–Trinajstić information content (AvgIpc) is 2.71. The Morgan fingerprint density at radius 2 is 2.13 bits per heavy atom. The minimum absolute atomic E-state index is 1.10. The lowest BCUT2D eigenvalue weighted by molar-refractivity contribution is 0.563. The first-order valence-corrected chi connectivity index (χ1v) is 5.78. The molecule has 0 saturated carbocycles. The summed E-state index contributed by atoms with van der Waals surface area (Å²) >= 11 is 0. The molecule has 2 aromatic rings. The first-order chi connectivity index (χ1) is 7.40. The van der Waals surface area contributed by atoms with Gasteiger partial charge in [-0.3, -0.25) is 0 Å². The van der Waals surface area contributed by atoms with Crippen molar-refractivity contribution in [3.63, 3.8) is 0 Å². The molecule has 1 nitrogen and oxygen atoms in total. The molecular formula is C14H17O. The summed E-state index contributed by atoms with van der Waals surface area (Å²) in [5, 5.41) is 2.25. The molecule has 0 aliphatic rings. The van der Waals surface area contributed by atoms with Crippen LogP contribution in [0.4, 0.5) is 0 Å². The Balaban J connectivity index is 1.96. The number of hydrogen-bond donors (Lipinski definition) is 0. The first kappa shape index (κ1) is 10.3. The van der Waals surface area contributed by atoms with E-state index in [0.29, 0.717) is 0 Å². The second kappa shape index (κ2) is 5.01. The number of benzene rings is 1. The van der Waals surface area contributed by atoms with E-state index in [0.717, 1.165) is 10.8 Å². The zero-order valence-corrected chi connectivity index (χ0v) is 9.25. The summed E-state index contributed by atoms with van der Waals surface area (Å²) in [6, 6.07) is 6.49. The lowest BCUT2D eigenvalue weighted by Gasteiger charge is -2.00. The van der Waals surface area contributed by atoms with Gasteiger partial charge in [-0.25, -0.2) is 0 Å². The van der Waals surface area contributed by atoms with E-state index >= 15 is 0 Å². The van der Waals surface area contributed by atoms with E-state index in [-0.39, 0.29) is 0 Å². The molecule has 15 heavy (non-hydrogen) atoms. The van der Waals surface area contributed by atoms with Crippen molar-refractivity contribution in [2.45, 2.75) is 39.0 Å². The lowest BCUT2D eigenvalue weighted by atomic mass is 10.0. The molecule has 0 aliphatic carbocycles. The molecule has 0 saturated heterocycles. The molecule has 2 rings (SSSR count). The fourth-order valence-electron chi connectivity index (χ4n) is 1.86. The SMILES string of the molecule is CCCCCCc1ccc2co[c]c2c1. The number of unbranched alkanes of at least 4 members (excludes halogenated alkanes) is 3. The van der Waals surface area contributed by atoms with Crippen LogP contribution in [0.15, 0.2) is 28.9 Å². The second-order valence-electron chi connectivity index (χ2n) is 4.07. The molecule has 0 unspecified atom stereocenters. The average molecular weight is 201 g/mol. The third-order valence-corrected chi connectivity index (χ3v) is 2.79. The third-order valence-electron chi connectivity index (χ3n) is 2.79. The molecule has 0 amide bonds. The molecule has 0 fully saturated rings. The Bertz CT molecular complexity index is 414. The van der Waals surface area contributed by atoms with Crippen LogP contribution < -0.4 is 0 Å². The number of hydrogen-bond acceptors (Lipinski definition) is 1. The molecule has 79 valence electrons. The lowest BCUT2D eigenvalue weighted by Crippen LogP contribution is -1.85. The van der Waals surface area contributed by atoms with Gasteiger partial charge in [0, 0.05) is 10.8 Å². The van der Waals surface area contributed by atoms with E-state index in [1.807, 2.05) is 0 Å². The highest BCUT2D eigenvalue weighted by molar-refractivity contribution is 5.81. The van der Waals surface area contributed by atoms with Gasteiger partial charge in [-0.2, -0.15) is 0 Å². The van der Waals surface area contributed by atoms with Gasteiger partial charge in [0.1, 0.15) is 0 Å². The maximum atomic E-state index is 5.04. The zero-order valence-electron chi connectivity index (χ0n) is 9.25. The van der Waals surface area contributed by atoms with Gasteiger partial charge in [-0.15, -0.1) is 0 Å². The second-order valence-corrected chi connectivity index (χ2v) is 4.07. The molecule has 1 aromatic carbocycles. The molecule has 0 atom stereocenters. The van der Waals surface area contributed by atoms with Gasteiger partial charge in [0.05, 0.1) is 6.26 Å². The largest absolute Gasteiger partial charge is 0.460 e. The van der Waals surface area contributed by atoms with Crippen molar-refractivity contribution < 1.29 is 4.42 Å². The van der Waals surface area contributed by atoms with Gasteiger partial charge in [0.25, 0.3) is 0 Å². The molecular weight excluding hydrogens is 184 g/mol. The van der Waals surface area contributed by atoms with Crippen LogP contribution >= 0.6 is 0 Å². The minimum atomic E-state index is 1.10. The van der Waals surface area contributed by atoms with Crippen molar-refractivity contribution in [1.82, 2.24) is 0 Å². The Kier molecular flexibility index (Phi) is 3.44. The summed E-state index contributed by atoms with van der Waals surface area (Å²) in [5.74, 6) is 0. The van der Waals surface area contributed by atoms with Crippen LogP contribution in [-0.2, 0) is 6.42 Å². The van der Waals surface area contributed by atoms with Gasteiger partial charge in [0.2, 0.25) is 0 Å². The summed E-state index contributed by atoms with van der Waals surface area (Å²) in [7, 11) is 0. The first-order valence-electron chi connectivity index (χ1n) is 5.78. The third kappa shape index (κ3) is 2.62. The van der Waals surface area contributed by atoms with Crippen LogP contribution in [0.2, 0.25) is 0 Å². The number of fused-ring (bicyclic) bond motifs is 1. The molecule has 0 aliphatic heterocycles. The molecule has 0 N–H and O–H groups in total. The number of aryl methyl sites for hydroxylation is 1. The van der Waals surface area contributed by atoms with Crippen molar-refractivity contribution in [2.24, 2.45) is 0 Å². The van der Waals surface area contributed by atoms with E-state index < -0.39 is 0 Å². The molecule has 1 heterocycles. The minimum Gasteiger partial charge on any atom is -0.460 e. The summed E-state index contributed by atoms with van der Waals surface area (Å²) in [5.41, 5.74) is 1.40. The standard InChI is InChI=1S/C14H17O/c1-2-3-4-5-6-12-7-8-13-10-15-11-14(13)9-12/h7-10H,2-6H2,1H3. The highest BCUT2D eigenvalue weighted by Gasteiger charge is 1.98. The highest BCUT2D eigenvalue weighted by Crippen LogP contribution is 2.17. The van der Waals surface area contributed by atoms with E-state index in [4.69, 9.17) is 4.42 Å². The highest BCUT2D eigenvalue weighted by atomic mass is 16.3. The molecule has 0 spiro atoms. The van der Waals surface area contributed by atoms with E-state index in [2.05, 4.69) is 31.4 Å². The summed E-state index contributed by atoms with van der Waals surface area (Å²) in [6.45, 7) is 2.24. The summed E-state index contributed by atoms with van der Waals surface area (Å²) < 4.78 is 5.04. The smallest absolute Gasteiger partial charge is 0.177 e. The maximum Gasteiger partial charge on any atom is 0.177 e. The Morgan fingerprint density at radius 1 is 1.20 bits per heavy atom. The van der Waals surface area contributed by atoms with Crippen molar-refractivity contribution in [2.75, 3.05) is 0 Å². The van der Waals surface area contributed by atoms with E-state index in [1.165, 1.54) is 37.7 Å². The number of rotatable bonds is 5. The quantitative estimate of drug-likeness (QED) is 0.655. The maximum absolute atomic E-state index is 5.04. The fraction of sp³-hybridized carbons (Fsp3) is 0.429. The predicted octanol–water partition coefficient (Wildman–Crippen LogP) is 4.36. The normalized spacial score (nSPS) is 11.0. The Labute approximate surface area is 91.1 Å². The van der Waals surface area contributed by atoms with Crippen LogP contribution in [0.1, 0.15) is 38.2 Å². The molecule has 0 bridgehead atoms.